The van der Waals surface area contributed by atoms with Crippen molar-refractivity contribution < 1.29 is 14.7 Å². The van der Waals surface area contributed by atoms with E-state index in [0.29, 0.717) is 5.69 Å². The molecule has 146 valence electrons. The van der Waals surface area contributed by atoms with Crippen LogP contribution in [0.5, 0.6) is 0 Å². The first-order chi connectivity index (χ1) is 13.6. The fourth-order valence-electron chi connectivity index (χ4n) is 5.22. The number of benzene rings is 1. The van der Waals surface area contributed by atoms with Crippen molar-refractivity contribution in [1.29, 1.82) is 0 Å². The summed E-state index contributed by atoms with van der Waals surface area (Å²) in [5.74, 6) is -0.828. The molecule has 1 saturated carbocycles. The zero-order valence-electron chi connectivity index (χ0n) is 15.7. The molecule has 1 saturated heterocycles. The Morgan fingerprint density at radius 2 is 1.79 bits per heavy atom. The van der Waals surface area contributed by atoms with E-state index in [1.807, 2.05) is 24.3 Å². The predicted octanol–water partition coefficient (Wildman–Crippen LogP) is 2.75. The van der Waals surface area contributed by atoms with Crippen molar-refractivity contribution in [2.75, 3.05) is 23.3 Å². The van der Waals surface area contributed by atoms with Gasteiger partial charge in [-0.15, -0.1) is 0 Å². The van der Waals surface area contributed by atoms with Gasteiger partial charge in [-0.25, -0.2) is 0 Å². The van der Waals surface area contributed by atoms with Crippen molar-refractivity contribution in [2.45, 2.75) is 31.7 Å². The summed E-state index contributed by atoms with van der Waals surface area (Å²) < 4.78 is 0. The van der Waals surface area contributed by atoms with Crippen LogP contribution in [0.15, 0.2) is 47.7 Å². The third-order valence-corrected chi connectivity index (χ3v) is 6.63. The first kappa shape index (κ1) is 17.3. The number of fused-ring (bicyclic) bond motifs is 5. The topological polar surface area (TPSA) is 81.7 Å². The SMILES string of the molecule is O=C(Nc1ccc(N2CCCCC2)cc1)C1=C(O)[C@@H]2[C@H](NC1=O)[C@@H]1C=C[C@H]2C1. The van der Waals surface area contributed by atoms with Gasteiger partial charge in [-0.2, -0.15) is 0 Å². The molecule has 2 aliphatic heterocycles. The van der Waals surface area contributed by atoms with E-state index in [4.69, 9.17) is 0 Å². The van der Waals surface area contributed by atoms with Gasteiger partial charge in [0.1, 0.15) is 11.3 Å². The Labute approximate surface area is 164 Å². The maximum absolute atomic E-state index is 12.8. The number of carbonyl (C=O) groups excluding carboxylic acids is 2. The number of allylic oxidation sites excluding steroid dienone is 1. The number of anilines is 2. The van der Waals surface area contributed by atoms with Crippen molar-refractivity contribution in [3.05, 3.63) is 47.7 Å². The van der Waals surface area contributed by atoms with Gasteiger partial charge in [0.25, 0.3) is 11.8 Å². The molecule has 1 aromatic carbocycles. The summed E-state index contributed by atoms with van der Waals surface area (Å²) in [5.41, 5.74) is 1.61. The second kappa shape index (κ2) is 6.69. The van der Waals surface area contributed by atoms with E-state index < -0.39 is 11.8 Å². The third-order valence-electron chi connectivity index (χ3n) is 6.63. The Morgan fingerprint density at radius 1 is 1.07 bits per heavy atom. The number of carbonyl (C=O) groups is 2. The largest absolute Gasteiger partial charge is 0.511 e. The van der Waals surface area contributed by atoms with Gasteiger partial charge in [0.2, 0.25) is 0 Å². The van der Waals surface area contributed by atoms with Crippen LogP contribution in [0.25, 0.3) is 0 Å². The molecule has 28 heavy (non-hydrogen) atoms. The molecular weight excluding hydrogens is 354 g/mol. The molecule has 6 heteroatoms. The molecule has 0 unspecified atom stereocenters. The highest BCUT2D eigenvalue weighted by molar-refractivity contribution is 6.23. The minimum Gasteiger partial charge on any atom is -0.511 e. The number of hydrogen-bond acceptors (Lipinski definition) is 4. The molecule has 2 amide bonds. The fourth-order valence-corrected chi connectivity index (χ4v) is 5.22. The summed E-state index contributed by atoms with van der Waals surface area (Å²) in [5, 5.41) is 16.4. The van der Waals surface area contributed by atoms with E-state index in [1.54, 1.807) is 0 Å². The zero-order chi connectivity index (χ0) is 19.3. The van der Waals surface area contributed by atoms with E-state index in [-0.39, 0.29) is 35.1 Å². The highest BCUT2D eigenvalue weighted by Gasteiger charge is 2.51. The van der Waals surface area contributed by atoms with Crippen LogP contribution >= 0.6 is 0 Å². The van der Waals surface area contributed by atoms with Crippen LogP contribution in [0.1, 0.15) is 25.7 Å². The van der Waals surface area contributed by atoms with Crippen LogP contribution in [0.4, 0.5) is 11.4 Å². The van der Waals surface area contributed by atoms with Crippen LogP contribution in [-0.2, 0) is 9.59 Å². The zero-order valence-corrected chi connectivity index (χ0v) is 15.7. The van der Waals surface area contributed by atoms with Crippen LogP contribution in [-0.4, -0.2) is 36.1 Å². The van der Waals surface area contributed by atoms with E-state index in [1.165, 1.54) is 19.3 Å². The molecule has 5 rings (SSSR count). The molecule has 2 fully saturated rings. The van der Waals surface area contributed by atoms with Crippen molar-refractivity contribution in [2.24, 2.45) is 17.8 Å². The van der Waals surface area contributed by atoms with Crippen molar-refractivity contribution >= 4 is 23.2 Å². The van der Waals surface area contributed by atoms with E-state index in [0.717, 1.165) is 25.2 Å². The summed E-state index contributed by atoms with van der Waals surface area (Å²) in [4.78, 5) is 27.6. The molecule has 0 aromatic heterocycles. The maximum atomic E-state index is 12.8. The molecule has 0 spiro atoms. The molecule has 2 aliphatic carbocycles. The lowest BCUT2D eigenvalue weighted by atomic mass is 9.82. The molecule has 0 radical (unpaired) electrons. The first-order valence-electron chi connectivity index (χ1n) is 10.2. The Balaban J connectivity index is 1.33. The lowest BCUT2D eigenvalue weighted by molar-refractivity contribution is -0.123. The smallest absolute Gasteiger partial charge is 0.264 e. The van der Waals surface area contributed by atoms with Gasteiger partial charge in [0, 0.05) is 36.4 Å². The van der Waals surface area contributed by atoms with Gasteiger partial charge in [-0.3, -0.25) is 9.59 Å². The van der Waals surface area contributed by atoms with E-state index in [2.05, 4.69) is 27.7 Å². The minimum absolute atomic E-state index is 0.0620. The van der Waals surface area contributed by atoms with Crippen LogP contribution in [0.3, 0.4) is 0 Å². The van der Waals surface area contributed by atoms with Crippen molar-refractivity contribution in [1.82, 2.24) is 5.32 Å². The lowest BCUT2D eigenvalue weighted by Crippen LogP contribution is -2.50. The normalized spacial score (nSPS) is 31.0. The summed E-state index contributed by atoms with van der Waals surface area (Å²) in [6.45, 7) is 2.12. The van der Waals surface area contributed by atoms with Gasteiger partial charge in [0.05, 0.1) is 0 Å². The summed E-state index contributed by atoms with van der Waals surface area (Å²) in [7, 11) is 0. The average Bonchev–Trinajstić information content (AvgIpc) is 3.31. The molecular formula is C22H25N3O3. The number of piperidine rings is 1. The summed E-state index contributed by atoms with van der Waals surface area (Å²) >= 11 is 0. The van der Waals surface area contributed by atoms with E-state index >= 15 is 0 Å². The van der Waals surface area contributed by atoms with Crippen molar-refractivity contribution in [3.63, 3.8) is 0 Å². The van der Waals surface area contributed by atoms with Crippen LogP contribution in [0.2, 0.25) is 0 Å². The molecule has 2 bridgehead atoms. The summed E-state index contributed by atoms with van der Waals surface area (Å²) in [6, 6.07) is 7.59. The Bertz CT molecular complexity index is 868. The number of hydrogen-bond donors (Lipinski definition) is 3. The molecule has 1 aromatic rings. The van der Waals surface area contributed by atoms with Gasteiger partial charge < -0.3 is 20.6 Å². The molecule has 4 atom stereocenters. The lowest BCUT2D eigenvalue weighted by Gasteiger charge is -2.33. The first-order valence-corrected chi connectivity index (χ1v) is 10.2. The third kappa shape index (κ3) is 2.79. The average molecular weight is 379 g/mol. The number of aliphatic hydroxyl groups excluding tert-OH is 1. The highest BCUT2D eigenvalue weighted by atomic mass is 16.3. The molecule has 4 aliphatic rings. The quantitative estimate of drug-likeness (QED) is 0.557. The summed E-state index contributed by atoms with van der Waals surface area (Å²) in [6.07, 6.45) is 8.82. The number of aliphatic hydroxyl groups is 1. The van der Waals surface area contributed by atoms with Crippen LogP contribution in [0, 0.1) is 17.8 Å². The maximum Gasteiger partial charge on any atom is 0.264 e. The molecule has 3 N–H and O–H groups in total. The molecule has 2 heterocycles. The number of nitrogens with zero attached hydrogens (tertiary/aromatic N) is 1. The second-order valence-electron chi connectivity index (χ2n) is 8.28. The van der Waals surface area contributed by atoms with Crippen LogP contribution < -0.4 is 15.5 Å². The van der Waals surface area contributed by atoms with Gasteiger partial charge in [-0.05, 0) is 61.8 Å². The van der Waals surface area contributed by atoms with Gasteiger partial charge >= 0.3 is 0 Å². The van der Waals surface area contributed by atoms with Gasteiger partial charge in [0.15, 0.2) is 0 Å². The van der Waals surface area contributed by atoms with Crippen molar-refractivity contribution in [3.8, 4) is 0 Å². The number of rotatable bonds is 3. The molecule has 6 nitrogen and oxygen atoms in total. The Kier molecular flexibility index (Phi) is 4.14. The predicted molar refractivity (Wildman–Crippen MR) is 107 cm³/mol. The number of nitrogens with one attached hydrogen (secondary N) is 2. The Morgan fingerprint density at radius 3 is 2.54 bits per heavy atom. The monoisotopic (exact) mass is 379 g/mol. The highest BCUT2D eigenvalue weighted by Crippen LogP contribution is 2.48. The standard InChI is InChI=1S/C22H25N3O3/c26-20-17-13-4-5-14(12-13)19(17)24-22(28)18(20)21(27)23-15-6-8-16(9-7-15)25-10-2-1-3-11-25/h4-9,13-14,17,19,26H,1-3,10-12H2,(H,23,27)(H,24,28)/t13-,14+,17-,19+/m0/s1. The van der Waals surface area contributed by atoms with E-state index in [9.17, 15) is 14.7 Å². The minimum atomic E-state index is -0.550. The Hall–Kier alpha value is -2.76. The second-order valence-corrected chi connectivity index (χ2v) is 8.28. The fraction of sp³-hybridized carbons (Fsp3) is 0.455. The number of amides is 2. The van der Waals surface area contributed by atoms with Gasteiger partial charge in [-0.1, -0.05) is 12.2 Å².